The van der Waals surface area contributed by atoms with Crippen molar-refractivity contribution in [2.75, 3.05) is 12.5 Å². The van der Waals surface area contributed by atoms with Crippen molar-refractivity contribution < 1.29 is 52.8 Å². The zero-order valence-electron chi connectivity index (χ0n) is 26.4. The highest BCUT2D eigenvalue weighted by Gasteiger charge is 2.35. The Bertz CT molecular complexity index is 2310. The fraction of sp³-hybridized carbons (Fsp3) is 0.310. The van der Waals surface area contributed by atoms with Gasteiger partial charge < -0.3 is 0 Å². The van der Waals surface area contributed by atoms with Crippen molar-refractivity contribution in [3.8, 4) is 0 Å². The van der Waals surface area contributed by atoms with Crippen LogP contribution >= 0.6 is 0 Å². The van der Waals surface area contributed by atoms with Crippen molar-refractivity contribution >= 4 is 31.2 Å². The first-order chi connectivity index (χ1) is 22.2. The summed E-state index contributed by atoms with van der Waals surface area (Å²) in [6.07, 6.45) is -8.13. The number of aryl methyl sites for hydroxylation is 4. The standard InChI is InChI=1S/C15H15F3N2O4S.C14H13F3N2O4S/c1-4-20-14(22)12(8(2)19-20)13(21)10-6-5-9(15(16,17)18)7-11(10)25(3,23)24;1-7-11(13(21)19(2)18-7)12(20)9-5-4-8(14(15,16)17)6-10(9)24(3,22)23/h5-7,19H,4H2,1-3H3;4-6,18H,1-3H3. The number of aromatic nitrogens is 4. The number of sulfone groups is 2. The van der Waals surface area contributed by atoms with Crippen LogP contribution < -0.4 is 11.1 Å². The summed E-state index contributed by atoms with van der Waals surface area (Å²) in [4.78, 5) is 47.9. The third kappa shape index (κ3) is 8.12. The highest BCUT2D eigenvalue weighted by molar-refractivity contribution is 7.91. The molecule has 0 spiro atoms. The Morgan fingerprint density at radius 2 is 1.06 bits per heavy atom. The zero-order chi connectivity index (χ0) is 37.6. The minimum atomic E-state index is -4.76. The second-order valence-electron chi connectivity index (χ2n) is 10.8. The normalized spacial score (nSPS) is 12.4. The van der Waals surface area contributed by atoms with Gasteiger partial charge in [0.25, 0.3) is 11.1 Å². The number of hydrogen-bond acceptors (Lipinski definition) is 8. The molecule has 2 N–H and O–H groups in total. The van der Waals surface area contributed by atoms with Crippen LogP contribution in [0.5, 0.6) is 0 Å². The number of hydrogen-bond donors (Lipinski definition) is 2. The molecular formula is C29H28F6N4O8S2. The SMILES string of the molecule is CCn1[nH]c(C)c(C(=O)c2ccc(C(F)(F)F)cc2S(C)(=O)=O)c1=O.Cc1[nH]n(C)c(=O)c1C(=O)c1ccc(C(F)(F)F)cc1S(C)(=O)=O. The van der Waals surface area contributed by atoms with Crippen LogP contribution in [-0.2, 0) is 45.6 Å². The van der Waals surface area contributed by atoms with Gasteiger partial charge in [0.05, 0.1) is 20.9 Å². The Morgan fingerprint density at radius 1 is 0.694 bits per heavy atom. The number of halogens is 6. The van der Waals surface area contributed by atoms with E-state index >= 15 is 0 Å². The van der Waals surface area contributed by atoms with Crippen LogP contribution in [0.1, 0.15) is 61.3 Å². The minimum absolute atomic E-state index is 0.187. The largest absolute Gasteiger partial charge is 0.416 e. The molecule has 0 aliphatic carbocycles. The molecule has 4 aromatic rings. The Hall–Kier alpha value is -4.72. The van der Waals surface area contributed by atoms with Gasteiger partial charge in [-0.3, -0.25) is 38.7 Å². The van der Waals surface area contributed by atoms with E-state index in [4.69, 9.17) is 0 Å². The first-order valence-electron chi connectivity index (χ1n) is 13.7. The second-order valence-corrected chi connectivity index (χ2v) is 14.7. The quantitative estimate of drug-likeness (QED) is 0.212. The minimum Gasteiger partial charge on any atom is -0.299 e. The maximum absolute atomic E-state index is 12.9. The maximum Gasteiger partial charge on any atom is 0.416 e. The van der Waals surface area contributed by atoms with E-state index in [0.717, 1.165) is 21.5 Å². The lowest BCUT2D eigenvalue weighted by Gasteiger charge is -2.11. The summed E-state index contributed by atoms with van der Waals surface area (Å²) in [7, 11) is -6.90. The fourth-order valence-corrected chi connectivity index (χ4v) is 6.51. The summed E-state index contributed by atoms with van der Waals surface area (Å²) in [6.45, 7) is 4.79. The molecule has 266 valence electrons. The lowest BCUT2D eigenvalue weighted by Crippen LogP contribution is -2.22. The van der Waals surface area contributed by atoms with E-state index in [1.54, 1.807) is 6.92 Å². The number of carbonyl (C=O) groups is 2. The molecule has 0 bridgehead atoms. The summed E-state index contributed by atoms with van der Waals surface area (Å²) < 4.78 is 127. The Labute approximate surface area is 274 Å². The third-order valence-corrected chi connectivity index (χ3v) is 9.32. The Morgan fingerprint density at radius 3 is 1.35 bits per heavy atom. The lowest BCUT2D eigenvalue weighted by atomic mass is 10.0. The summed E-state index contributed by atoms with van der Waals surface area (Å²) in [6, 6.07) is 3.58. The van der Waals surface area contributed by atoms with Gasteiger partial charge in [0.2, 0.25) is 11.6 Å². The van der Waals surface area contributed by atoms with Crippen LogP contribution in [0.25, 0.3) is 0 Å². The molecule has 49 heavy (non-hydrogen) atoms. The number of rotatable bonds is 7. The highest BCUT2D eigenvalue weighted by Crippen LogP contribution is 2.34. The first-order valence-corrected chi connectivity index (χ1v) is 17.5. The number of carbonyl (C=O) groups excluding carboxylic acids is 2. The zero-order valence-corrected chi connectivity index (χ0v) is 28.0. The lowest BCUT2D eigenvalue weighted by molar-refractivity contribution is -0.138. The van der Waals surface area contributed by atoms with E-state index in [1.165, 1.54) is 20.9 Å². The van der Waals surface area contributed by atoms with E-state index in [-0.39, 0.29) is 29.1 Å². The molecule has 2 aromatic carbocycles. The summed E-state index contributed by atoms with van der Waals surface area (Å²) in [5, 5.41) is 5.24. The second kappa shape index (κ2) is 13.3. The molecule has 2 aromatic heterocycles. The van der Waals surface area contributed by atoms with Crippen molar-refractivity contribution in [1.82, 2.24) is 19.6 Å². The van der Waals surface area contributed by atoms with E-state index in [1.807, 2.05) is 0 Å². The van der Waals surface area contributed by atoms with Crippen LogP contribution in [0, 0.1) is 13.8 Å². The number of benzene rings is 2. The summed E-state index contributed by atoms with van der Waals surface area (Å²) in [5.74, 6) is -1.90. The van der Waals surface area contributed by atoms with Gasteiger partial charge in [-0.2, -0.15) is 26.3 Å². The molecule has 0 saturated heterocycles. The smallest absolute Gasteiger partial charge is 0.299 e. The van der Waals surface area contributed by atoms with Gasteiger partial charge in [-0.15, -0.1) is 0 Å². The van der Waals surface area contributed by atoms with E-state index in [0.29, 0.717) is 36.8 Å². The number of ketones is 2. The predicted octanol–water partition coefficient (Wildman–Crippen LogP) is 3.83. The number of nitrogens with one attached hydrogen (secondary N) is 2. The molecule has 0 radical (unpaired) electrons. The van der Waals surface area contributed by atoms with Crippen LogP contribution in [0.15, 0.2) is 55.8 Å². The van der Waals surface area contributed by atoms with Gasteiger partial charge in [-0.05, 0) is 57.2 Å². The number of nitrogens with zero attached hydrogens (tertiary/aromatic N) is 2. The van der Waals surface area contributed by atoms with Gasteiger partial charge in [0.1, 0.15) is 11.1 Å². The maximum atomic E-state index is 12.9. The van der Waals surface area contributed by atoms with Crippen molar-refractivity contribution in [2.45, 2.75) is 49.5 Å². The van der Waals surface area contributed by atoms with Crippen molar-refractivity contribution in [3.63, 3.8) is 0 Å². The average molecular weight is 739 g/mol. The molecule has 0 unspecified atom stereocenters. The van der Waals surface area contributed by atoms with Crippen LogP contribution in [0.2, 0.25) is 0 Å². The Balaban J connectivity index is 0.000000266. The molecule has 20 heteroatoms. The van der Waals surface area contributed by atoms with Gasteiger partial charge in [-0.1, -0.05) is 0 Å². The van der Waals surface area contributed by atoms with Crippen LogP contribution in [-0.4, -0.2) is 60.5 Å². The molecule has 2 heterocycles. The topological polar surface area (TPSA) is 178 Å². The van der Waals surface area contributed by atoms with Crippen molar-refractivity contribution in [3.05, 3.63) is 102 Å². The molecule has 0 amide bonds. The monoisotopic (exact) mass is 738 g/mol. The molecule has 0 aliphatic rings. The highest BCUT2D eigenvalue weighted by atomic mass is 32.2. The Kier molecular flexibility index (Phi) is 10.5. The van der Waals surface area contributed by atoms with Gasteiger partial charge >= 0.3 is 12.4 Å². The average Bonchev–Trinajstić information content (AvgIpc) is 3.41. The van der Waals surface area contributed by atoms with Crippen LogP contribution in [0.3, 0.4) is 0 Å². The van der Waals surface area contributed by atoms with E-state index < -0.39 is 86.8 Å². The van der Waals surface area contributed by atoms with Gasteiger partial charge in [0.15, 0.2) is 19.7 Å². The molecule has 0 atom stereocenters. The van der Waals surface area contributed by atoms with Crippen molar-refractivity contribution in [2.24, 2.45) is 7.05 Å². The van der Waals surface area contributed by atoms with Gasteiger partial charge in [0, 0.05) is 48.6 Å². The molecule has 4 rings (SSSR count). The predicted molar refractivity (Wildman–Crippen MR) is 162 cm³/mol. The molecule has 12 nitrogen and oxygen atoms in total. The fourth-order valence-electron chi connectivity index (χ4n) is 4.70. The van der Waals surface area contributed by atoms with Gasteiger partial charge in [-0.25, -0.2) is 16.8 Å². The van der Waals surface area contributed by atoms with E-state index in [2.05, 4.69) is 10.2 Å². The van der Waals surface area contributed by atoms with E-state index in [9.17, 15) is 62.4 Å². The molecule has 0 saturated carbocycles. The number of H-pyrrole nitrogens is 2. The molecule has 0 fully saturated rings. The van der Waals surface area contributed by atoms with Crippen LogP contribution in [0.4, 0.5) is 26.3 Å². The molecule has 0 aliphatic heterocycles. The summed E-state index contributed by atoms with van der Waals surface area (Å²) >= 11 is 0. The van der Waals surface area contributed by atoms with Crippen molar-refractivity contribution in [1.29, 1.82) is 0 Å². The number of alkyl halides is 6. The number of aromatic amines is 2. The first kappa shape index (κ1) is 38.7. The molecular weight excluding hydrogens is 710 g/mol. The third-order valence-electron chi connectivity index (χ3n) is 7.04. The summed E-state index contributed by atoms with van der Waals surface area (Å²) in [5.41, 5.74) is -4.93.